The van der Waals surface area contributed by atoms with Crippen LogP contribution in [0.15, 0.2) is 28.5 Å². The second kappa shape index (κ2) is 13.4. The quantitative estimate of drug-likeness (QED) is 0.186. The topological polar surface area (TPSA) is 92.6 Å². The van der Waals surface area contributed by atoms with Gasteiger partial charge in [-0.1, -0.05) is 94.4 Å². The highest BCUT2D eigenvalue weighted by atomic mass is 28.4. The third-order valence-corrected chi connectivity index (χ3v) is 24.6. The van der Waals surface area contributed by atoms with Crippen LogP contribution in [0, 0.1) is 17.7 Å². The third kappa shape index (κ3) is 5.68. The van der Waals surface area contributed by atoms with Crippen molar-refractivity contribution in [3.8, 4) is 0 Å². The standard InChI is InChI=1S/C36H59FN4O4Si2/c1-19(2)46(20(3)4,21(5)6)44-33-29-30(34(32-31(33)38-40-39-32)45-47(22(7)8,23(9)10)24(11)12)36(43)41(35(29)42)28-15-13-14-25-18-26(37)16-17-27(25)28/h16-24,28-34H,13-15H2,1-12H3,(H,38,39). The fourth-order valence-corrected chi connectivity index (χ4v) is 21.8. The second-order valence-electron chi connectivity index (χ2n) is 16.5. The summed E-state index contributed by atoms with van der Waals surface area (Å²) >= 11 is 0. The van der Waals surface area contributed by atoms with Gasteiger partial charge in [-0.15, -0.1) is 0 Å². The first-order valence-corrected chi connectivity index (χ1v) is 22.5. The highest BCUT2D eigenvalue weighted by molar-refractivity contribution is 6.78. The van der Waals surface area contributed by atoms with Crippen molar-refractivity contribution in [2.45, 2.75) is 166 Å². The van der Waals surface area contributed by atoms with E-state index in [0.29, 0.717) is 6.42 Å². The molecule has 7 unspecified atom stereocenters. The Balaban J connectivity index is 1.68. The molecule has 7 atom stereocenters. The van der Waals surface area contributed by atoms with Gasteiger partial charge in [-0.05, 0) is 75.8 Å². The number of imide groups is 1. The molecular weight excluding hydrogens is 628 g/mol. The lowest BCUT2D eigenvalue weighted by molar-refractivity contribution is -0.144. The number of hydrogen-bond acceptors (Lipinski definition) is 7. The molecule has 0 bridgehead atoms. The summed E-state index contributed by atoms with van der Waals surface area (Å²) in [6, 6.07) is 3.51. The zero-order valence-electron chi connectivity index (χ0n) is 30.7. The van der Waals surface area contributed by atoms with Crippen LogP contribution in [0.3, 0.4) is 0 Å². The molecule has 4 aliphatic rings. The van der Waals surface area contributed by atoms with E-state index in [1.165, 1.54) is 11.0 Å². The molecule has 2 heterocycles. The second-order valence-corrected chi connectivity index (χ2v) is 27.3. The van der Waals surface area contributed by atoms with E-state index < -0.39 is 52.8 Å². The lowest BCUT2D eigenvalue weighted by Crippen LogP contribution is -2.67. The highest BCUT2D eigenvalue weighted by Gasteiger charge is 2.68. The van der Waals surface area contributed by atoms with Gasteiger partial charge in [0.15, 0.2) is 0 Å². The minimum Gasteiger partial charge on any atom is -0.410 e. The molecule has 2 aliphatic carbocycles. The fourth-order valence-electron chi connectivity index (χ4n) is 10.6. The van der Waals surface area contributed by atoms with Crippen LogP contribution in [-0.2, 0) is 24.9 Å². The zero-order chi connectivity index (χ0) is 34.7. The zero-order valence-corrected chi connectivity index (χ0v) is 32.7. The van der Waals surface area contributed by atoms with Gasteiger partial charge in [0.2, 0.25) is 28.4 Å². The third-order valence-electron chi connectivity index (χ3n) is 12.4. The summed E-state index contributed by atoms with van der Waals surface area (Å²) in [6.45, 7) is 26.9. The monoisotopic (exact) mass is 686 g/mol. The molecule has 2 amide bonds. The van der Waals surface area contributed by atoms with Gasteiger partial charge >= 0.3 is 0 Å². The molecule has 1 saturated heterocycles. The van der Waals surface area contributed by atoms with Gasteiger partial charge in [0.25, 0.3) is 0 Å². The summed E-state index contributed by atoms with van der Waals surface area (Å²) in [5.41, 5.74) is 6.74. The molecule has 47 heavy (non-hydrogen) atoms. The van der Waals surface area contributed by atoms with Gasteiger partial charge in [0.05, 0.1) is 36.1 Å². The van der Waals surface area contributed by atoms with Gasteiger partial charge in [0, 0.05) is 0 Å². The molecule has 0 spiro atoms. The summed E-state index contributed by atoms with van der Waals surface area (Å²) in [4.78, 5) is 31.7. The van der Waals surface area contributed by atoms with Crippen LogP contribution in [0.4, 0.5) is 4.39 Å². The van der Waals surface area contributed by atoms with Crippen LogP contribution in [0.5, 0.6) is 0 Å². The Morgan fingerprint density at radius 3 is 1.79 bits per heavy atom. The van der Waals surface area contributed by atoms with Crippen molar-refractivity contribution >= 4 is 28.4 Å². The van der Waals surface area contributed by atoms with E-state index in [-0.39, 0.29) is 56.9 Å². The molecule has 0 aromatic heterocycles. The molecule has 1 aromatic carbocycles. The number of nitrogens with one attached hydrogen (secondary N) is 1. The first-order chi connectivity index (χ1) is 22.0. The Morgan fingerprint density at radius 2 is 1.28 bits per heavy atom. The lowest BCUT2D eigenvalue weighted by Gasteiger charge is -2.52. The van der Waals surface area contributed by atoms with Gasteiger partial charge in [-0.3, -0.25) is 19.9 Å². The first kappa shape index (κ1) is 36.3. The van der Waals surface area contributed by atoms with Crippen molar-refractivity contribution in [1.29, 1.82) is 0 Å². The molecule has 8 nitrogen and oxygen atoms in total. The lowest BCUT2D eigenvalue weighted by atomic mass is 9.72. The fraction of sp³-hybridized carbons (Fsp3) is 0.778. The smallest absolute Gasteiger partial charge is 0.236 e. The maximum absolute atomic E-state index is 15.1. The molecule has 2 aliphatic heterocycles. The van der Waals surface area contributed by atoms with E-state index in [9.17, 15) is 4.39 Å². The minimum absolute atomic E-state index is 0.196. The van der Waals surface area contributed by atoms with Gasteiger partial charge in [-0.2, -0.15) is 5.11 Å². The summed E-state index contributed by atoms with van der Waals surface area (Å²) in [6.07, 6.45) is 0.985. The van der Waals surface area contributed by atoms with Gasteiger partial charge in [0.1, 0.15) is 11.9 Å². The van der Waals surface area contributed by atoms with Crippen LogP contribution in [0.25, 0.3) is 0 Å². The maximum Gasteiger partial charge on any atom is 0.236 e. The van der Waals surface area contributed by atoms with E-state index in [2.05, 4.69) is 93.7 Å². The first-order valence-electron chi connectivity index (χ1n) is 18.2. The van der Waals surface area contributed by atoms with Crippen LogP contribution < -0.4 is 5.43 Å². The van der Waals surface area contributed by atoms with E-state index in [1.54, 1.807) is 12.1 Å². The summed E-state index contributed by atoms with van der Waals surface area (Å²) in [5, 5.41) is 9.10. The van der Waals surface area contributed by atoms with Crippen LogP contribution in [-0.4, -0.2) is 57.6 Å². The van der Waals surface area contributed by atoms with Crippen molar-refractivity contribution in [1.82, 2.24) is 10.3 Å². The van der Waals surface area contributed by atoms with Crippen molar-refractivity contribution < 1.29 is 22.8 Å². The number of rotatable bonds is 11. The Labute approximate surface area is 284 Å². The SMILES string of the molecule is CC(C)[Si](OC1C2N=NNC2C(O[Si](C(C)C)(C(C)C)C(C)C)C2C(=O)N(C3CCCc4cc(F)ccc43)C(=O)C12)(C(C)C)C(C)C. The number of aryl methyl sites for hydroxylation is 1. The van der Waals surface area contributed by atoms with E-state index in [1.807, 2.05) is 0 Å². The molecule has 5 rings (SSSR count). The number of carbonyl (C=O) groups is 2. The van der Waals surface area contributed by atoms with Crippen molar-refractivity contribution in [3.63, 3.8) is 0 Å². The molecule has 262 valence electrons. The summed E-state index contributed by atoms with van der Waals surface area (Å²) < 4.78 is 29.4. The molecule has 11 heteroatoms. The number of amides is 2. The molecular formula is C36H59FN4O4Si2. The number of fused-ring (bicyclic) bond motifs is 3. The number of likely N-dealkylation sites (tertiary alicyclic amines) is 1. The number of benzene rings is 1. The maximum atomic E-state index is 15.1. The average molecular weight is 687 g/mol. The van der Waals surface area contributed by atoms with Gasteiger partial charge < -0.3 is 8.85 Å². The predicted octanol–water partition coefficient (Wildman–Crippen LogP) is 8.65. The van der Waals surface area contributed by atoms with E-state index >= 15 is 9.59 Å². The molecule has 2 fully saturated rings. The van der Waals surface area contributed by atoms with E-state index in [0.717, 1.165) is 24.0 Å². The molecule has 1 N–H and O–H groups in total. The highest BCUT2D eigenvalue weighted by Crippen LogP contribution is 2.54. The number of carbonyl (C=O) groups excluding carboxylic acids is 2. The minimum atomic E-state index is -2.52. The average Bonchev–Trinajstić information content (AvgIpc) is 3.56. The summed E-state index contributed by atoms with van der Waals surface area (Å²) in [5.74, 6) is -2.15. The Hall–Kier alpha value is -1.96. The number of hydrogen-bond donors (Lipinski definition) is 1. The number of halogens is 1. The van der Waals surface area contributed by atoms with E-state index in [4.69, 9.17) is 14.0 Å². The van der Waals surface area contributed by atoms with Crippen molar-refractivity contribution in [2.24, 2.45) is 22.2 Å². The van der Waals surface area contributed by atoms with Crippen molar-refractivity contribution in [3.05, 3.63) is 35.1 Å². The Kier molecular flexibility index (Phi) is 10.4. The molecule has 1 aromatic rings. The van der Waals surface area contributed by atoms with Gasteiger partial charge in [-0.25, -0.2) is 4.39 Å². The molecule has 1 saturated carbocycles. The Morgan fingerprint density at radius 1 is 0.787 bits per heavy atom. The van der Waals surface area contributed by atoms with Crippen LogP contribution >= 0.6 is 0 Å². The Bertz CT molecular complexity index is 1320. The van der Waals surface area contributed by atoms with Crippen LogP contribution in [0.2, 0.25) is 33.2 Å². The normalized spacial score (nSPS) is 29.5. The molecule has 0 radical (unpaired) electrons. The van der Waals surface area contributed by atoms with Crippen molar-refractivity contribution in [2.75, 3.05) is 0 Å². The van der Waals surface area contributed by atoms with Crippen LogP contribution in [0.1, 0.15) is 113 Å². The summed E-state index contributed by atoms with van der Waals surface area (Å²) in [7, 11) is -5.03. The number of nitrogens with zero attached hydrogens (tertiary/aromatic N) is 3. The largest absolute Gasteiger partial charge is 0.410 e. The predicted molar refractivity (Wildman–Crippen MR) is 188 cm³/mol.